The van der Waals surface area contributed by atoms with Crippen LogP contribution in [0.2, 0.25) is 5.02 Å². The Hall–Kier alpha value is -1.54. The van der Waals surface area contributed by atoms with Crippen LogP contribution in [0.3, 0.4) is 0 Å². The Labute approximate surface area is 152 Å². The number of methoxy groups -OCH3 is 1. The van der Waals surface area contributed by atoms with Gasteiger partial charge in [0, 0.05) is 45.3 Å². The highest BCUT2D eigenvalue weighted by Crippen LogP contribution is 2.39. The molecule has 25 heavy (non-hydrogen) atoms. The number of carbonyl (C=O) groups excluding carboxylic acids is 1. The second-order valence-corrected chi connectivity index (χ2v) is 6.73. The van der Waals surface area contributed by atoms with Crippen LogP contribution in [0, 0.1) is 0 Å². The average molecular weight is 370 g/mol. The van der Waals surface area contributed by atoms with Crippen LogP contribution in [-0.4, -0.2) is 63.0 Å². The van der Waals surface area contributed by atoms with E-state index in [2.05, 4.69) is 4.90 Å². The van der Waals surface area contributed by atoms with Crippen LogP contribution in [0.1, 0.15) is 22.3 Å². The zero-order valence-corrected chi connectivity index (χ0v) is 15.1. The maximum Gasteiger partial charge on any atom is 0.342 e. The molecule has 0 unspecified atom stereocenters. The zero-order chi connectivity index (χ0) is 18.0. The number of carbonyl (C=O) groups is 1. The Bertz CT molecular complexity index is 655. The first-order chi connectivity index (χ1) is 12.0. The van der Waals surface area contributed by atoms with Crippen LogP contribution in [0.4, 0.5) is 5.69 Å². The van der Waals surface area contributed by atoms with E-state index in [1.807, 2.05) is 0 Å². The van der Waals surface area contributed by atoms with Gasteiger partial charge in [0.25, 0.3) is 0 Å². The Morgan fingerprint density at radius 3 is 3.00 bits per heavy atom. The molecule has 2 atom stereocenters. The Balaban J connectivity index is 1.75. The number of likely N-dealkylation sites (tertiary alicyclic amines) is 1. The number of nitrogen functional groups attached to an aromatic ring is 1. The van der Waals surface area contributed by atoms with E-state index >= 15 is 0 Å². The van der Waals surface area contributed by atoms with Gasteiger partial charge in [-0.25, -0.2) is 4.79 Å². The fourth-order valence-corrected chi connectivity index (χ4v) is 3.65. The summed E-state index contributed by atoms with van der Waals surface area (Å²) in [5, 5.41) is 0.345. The van der Waals surface area contributed by atoms with Crippen molar-refractivity contribution in [2.45, 2.75) is 25.0 Å². The van der Waals surface area contributed by atoms with Crippen LogP contribution in [0.25, 0.3) is 0 Å². The molecule has 3 rings (SSSR count). The van der Waals surface area contributed by atoms with Crippen LogP contribution in [-0.2, 0) is 15.9 Å². The molecule has 138 valence electrons. The Morgan fingerprint density at radius 1 is 1.48 bits per heavy atom. The van der Waals surface area contributed by atoms with Crippen molar-refractivity contribution in [3.63, 3.8) is 0 Å². The number of nitrogens with two attached hydrogens (primary N) is 2. The van der Waals surface area contributed by atoms with Gasteiger partial charge in [-0.3, -0.25) is 4.90 Å². The van der Waals surface area contributed by atoms with Gasteiger partial charge < -0.3 is 25.7 Å². The van der Waals surface area contributed by atoms with Crippen LogP contribution in [0.15, 0.2) is 6.07 Å². The second-order valence-electron chi connectivity index (χ2n) is 6.32. The first-order valence-corrected chi connectivity index (χ1v) is 8.82. The number of anilines is 1. The number of piperidine rings is 1. The molecule has 0 amide bonds. The molecule has 1 fully saturated rings. The van der Waals surface area contributed by atoms with Crippen molar-refractivity contribution in [3.8, 4) is 5.75 Å². The van der Waals surface area contributed by atoms with E-state index in [1.165, 1.54) is 6.07 Å². The van der Waals surface area contributed by atoms with Crippen molar-refractivity contribution in [2.75, 3.05) is 45.6 Å². The highest BCUT2D eigenvalue weighted by Gasteiger charge is 2.34. The predicted octanol–water partition coefficient (Wildman–Crippen LogP) is 1.06. The number of nitrogens with zero attached hydrogens (tertiary/aromatic N) is 1. The van der Waals surface area contributed by atoms with E-state index in [9.17, 15) is 4.79 Å². The molecule has 0 spiro atoms. The van der Waals surface area contributed by atoms with E-state index in [4.69, 9.17) is 37.3 Å². The summed E-state index contributed by atoms with van der Waals surface area (Å²) in [6, 6.07) is 1.52. The van der Waals surface area contributed by atoms with Gasteiger partial charge in [0.05, 0.1) is 17.3 Å². The van der Waals surface area contributed by atoms with Crippen molar-refractivity contribution in [1.82, 2.24) is 4.90 Å². The molecule has 4 N–H and O–H groups in total. The lowest BCUT2D eigenvalue weighted by Crippen LogP contribution is -2.50. The summed E-state index contributed by atoms with van der Waals surface area (Å²) in [5.41, 5.74) is 13.2. The third-order valence-electron chi connectivity index (χ3n) is 4.78. The fraction of sp³-hybridized carbons (Fsp3) is 0.588. The molecular weight excluding hydrogens is 346 g/mol. The summed E-state index contributed by atoms with van der Waals surface area (Å²) in [5.74, 6) is 0.0285. The van der Waals surface area contributed by atoms with Crippen LogP contribution < -0.4 is 16.2 Å². The topological polar surface area (TPSA) is 100 Å². The molecule has 0 saturated carbocycles. The smallest absolute Gasteiger partial charge is 0.342 e. The molecule has 2 aliphatic rings. The fourth-order valence-electron chi connectivity index (χ4n) is 3.43. The first kappa shape index (κ1) is 18.3. The SMILES string of the molecule is CO[C@H]1CN(CCN)CC[C@H]1OC(=O)c1cc(Cl)c(N)c2c1OCC2. The highest BCUT2D eigenvalue weighted by molar-refractivity contribution is 6.33. The minimum atomic E-state index is -0.459. The van der Waals surface area contributed by atoms with Gasteiger partial charge >= 0.3 is 5.97 Å². The lowest BCUT2D eigenvalue weighted by Gasteiger charge is -2.37. The van der Waals surface area contributed by atoms with Crippen molar-refractivity contribution in [3.05, 3.63) is 22.2 Å². The van der Waals surface area contributed by atoms with Crippen LogP contribution in [0.5, 0.6) is 5.75 Å². The number of fused-ring (bicyclic) bond motifs is 1. The lowest BCUT2D eigenvalue weighted by atomic mass is 10.0. The molecule has 0 bridgehead atoms. The minimum Gasteiger partial charge on any atom is -0.492 e. The van der Waals surface area contributed by atoms with Crippen LogP contribution >= 0.6 is 11.6 Å². The normalized spacial score (nSPS) is 23.2. The molecule has 0 aliphatic carbocycles. The van der Waals surface area contributed by atoms with E-state index in [0.717, 1.165) is 18.7 Å². The number of esters is 1. The van der Waals surface area contributed by atoms with E-state index in [-0.39, 0.29) is 12.2 Å². The van der Waals surface area contributed by atoms with Gasteiger partial charge in [-0.05, 0) is 12.5 Å². The lowest BCUT2D eigenvalue weighted by molar-refractivity contribution is -0.0724. The Morgan fingerprint density at radius 2 is 2.28 bits per heavy atom. The average Bonchev–Trinajstić information content (AvgIpc) is 3.09. The summed E-state index contributed by atoms with van der Waals surface area (Å²) >= 11 is 6.16. The minimum absolute atomic E-state index is 0.192. The largest absolute Gasteiger partial charge is 0.492 e. The van der Waals surface area contributed by atoms with Crippen molar-refractivity contribution < 1.29 is 19.0 Å². The predicted molar refractivity (Wildman–Crippen MR) is 95.2 cm³/mol. The van der Waals surface area contributed by atoms with Crippen molar-refractivity contribution in [1.29, 1.82) is 0 Å². The molecule has 2 heterocycles. The molecule has 1 aromatic carbocycles. The zero-order valence-electron chi connectivity index (χ0n) is 14.3. The van der Waals surface area contributed by atoms with Gasteiger partial charge in [0.1, 0.15) is 23.5 Å². The monoisotopic (exact) mass is 369 g/mol. The van der Waals surface area contributed by atoms with Gasteiger partial charge in [0.2, 0.25) is 0 Å². The molecule has 2 aliphatic heterocycles. The highest BCUT2D eigenvalue weighted by atomic mass is 35.5. The van der Waals surface area contributed by atoms with E-state index < -0.39 is 5.97 Å². The first-order valence-electron chi connectivity index (χ1n) is 8.45. The summed E-state index contributed by atoms with van der Waals surface area (Å²) in [7, 11) is 1.62. The number of hydrogen-bond donors (Lipinski definition) is 2. The number of rotatable bonds is 5. The molecular formula is C17H24ClN3O4. The van der Waals surface area contributed by atoms with Crippen molar-refractivity contribution >= 4 is 23.3 Å². The summed E-state index contributed by atoms with van der Waals surface area (Å²) < 4.78 is 16.8. The molecule has 1 aromatic rings. The maximum atomic E-state index is 12.7. The molecule has 7 nitrogen and oxygen atoms in total. The number of halogens is 1. The number of benzene rings is 1. The van der Waals surface area contributed by atoms with E-state index in [0.29, 0.717) is 54.6 Å². The summed E-state index contributed by atoms with van der Waals surface area (Å²) in [4.78, 5) is 14.9. The quantitative estimate of drug-likeness (QED) is 0.591. The molecule has 1 saturated heterocycles. The standard InChI is InChI=1S/C17H24ClN3O4/c1-23-14-9-21(6-4-19)5-2-13(14)25-17(22)11-8-12(18)15(20)10-3-7-24-16(10)11/h8,13-14H,2-7,9,19-20H2,1H3/t13-,14+/m1/s1. The van der Waals surface area contributed by atoms with Gasteiger partial charge in [-0.2, -0.15) is 0 Å². The van der Waals surface area contributed by atoms with Gasteiger partial charge in [0.15, 0.2) is 0 Å². The number of ether oxygens (including phenoxy) is 3. The maximum absolute atomic E-state index is 12.7. The number of hydrogen-bond acceptors (Lipinski definition) is 7. The molecule has 8 heteroatoms. The second kappa shape index (κ2) is 7.78. The van der Waals surface area contributed by atoms with Crippen molar-refractivity contribution in [2.24, 2.45) is 5.73 Å². The Kier molecular flexibility index (Phi) is 5.68. The molecule has 0 radical (unpaired) electrons. The third kappa shape index (κ3) is 3.69. The van der Waals surface area contributed by atoms with Gasteiger partial charge in [-0.15, -0.1) is 0 Å². The third-order valence-corrected chi connectivity index (χ3v) is 5.09. The van der Waals surface area contributed by atoms with E-state index in [1.54, 1.807) is 7.11 Å². The summed E-state index contributed by atoms with van der Waals surface area (Å²) in [6.45, 7) is 3.37. The molecule has 0 aromatic heterocycles. The summed E-state index contributed by atoms with van der Waals surface area (Å²) in [6.07, 6.45) is 0.818. The van der Waals surface area contributed by atoms with Gasteiger partial charge in [-0.1, -0.05) is 11.6 Å².